The minimum absolute atomic E-state index is 0. The number of aliphatic hydroxyl groups excluding tert-OH is 1. The van der Waals surface area contributed by atoms with Gasteiger partial charge in [0.2, 0.25) is 0 Å². The summed E-state index contributed by atoms with van der Waals surface area (Å²) < 4.78 is 81.6. The van der Waals surface area contributed by atoms with E-state index in [0.717, 1.165) is 0 Å². The number of H-pyrrole nitrogens is 1. The van der Waals surface area contributed by atoms with Crippen LogP contribution in [0.2, 0.25) is 0 Å². The molecule has 0 amide bonds. The number of aromatic amines is 1. The SMILES string of the molecule is [BH3-][P@]1(=O)OC[C@H]2O[C@@H](n3cnc4c(N)ncnc43)[C@@H](F)C2OP(=O)(N[OH2+])OC[C@H]2O[C@@H](n3cnc4c(=O)[nH]c(C)nc43)[C@@H](O1)C2CO.[NH4+]. The summed E-state index contributed by atoms with van der Waals surface area (Å²) in [6.07, 6.45) is -6.19. The Morgan fingerprint density at radius 2 is 1.75 bits per heavy atom. The number of nitrogen functional groups attached to an aromatic ring is 1. The highest BCUT2D eigenvalue weighted by molar-refractivity contribution is 7.79. The molecule has 26 heteroatoms. The maximum Gasteiger partial charge on any atom is 0.467 e. The lowest BCUT2D eigenvalue weighted by atomic mass is 9.99. The largest absolute Gasteiger partial charge is 0.467 e. The van der Waals surface area contributed by atoms with Crippen molar-refractivity contribution in [2.75, 3.05) is 25.6 Å². The summed E-state index contributed by atoms with van der Waals surface area (Å²) in [5, 5.41) is 19.9. The molecule has 262 valence electrons. The lowest BCUT2D eigenvalue weighted by Gasteiger charge is -2.30. The third kappa shape index (κ3) is 5.97. The topological polar surface area (TPSA) is 314 Å². The number of nitrogens with two attached hydrogens (primary N) is 1. The molecule has 3 aliphatic heterocycles. The summed E-state index contributed by atoms with van der Waals surface area (Å²) in [6.45, 7) is -0.0807. The molecule has 4 aromatic heterocycles. The zero-order valence-corrected chi connectivity index (χ0v) is 26.4. The number of quaternary nitrogens is 1. The van der Waals surface area contributed by atoms with Gasteiger partial charge in [0, 0.05) is 11.2 Å². The van der Waals surface area contributed by atoms with Crippen LogP contribution in [0.3, 0.4) is 0 Å². The smallest absolute Gasteiger partial charge is 0.396 e. The second kappa shape index (κ2) is 12.9. The summed E-state index contributed by atoms with van der Waals surface area (Å²) in [5.74, 6) is -0.594. The van der Waals surface area contributed by atoms with Gasteiger partial charge in [0.15, 0.2) is 41.3 Å². The van der Waals surface area contributed by atoms with E-state index in [2.05, 4.69) is 29.9 Å². The van der Waals surface area contributed by atoms with Gasteiger partial charge in [-0.3, -0.25) is 23.0 Å². The van der Waals surface area contributed by atoms with Crippen molar-refractivity contribution in [1.29, 1.82) is 0 Å². The molecule has 3 fully saturated rings. The highest BCUT2D eigenvalue weighted by atomic mass is 31.2. The molecule has 3 saturated heterocycles. The lowest BCUT2D eigenvalue weighted by molar-refractivity contribution is -0.0600. The fourth-order valence-electron chi connectivity index (χ4n) is 5.66. The minimum atomic E-state index is -4.62. The molecule has 0 radical (unpaired) electrons. The molecule has 0 aromatic carbocycles. The number of hydrogen-bond donors (Lipinski definition) is 5. The second-order valence-corrected chi connectivity index (χ2v) is 13.1. The van der Waals surface area contributed by atoms with Crippen LogP contribution in [0, 0.1) is 12.8 Å². The minimum Gasteiger partial charge on any atom is -0.396 e. The average molecular weight is 720 g/mol. The van der Waals surface area contributed by atoms with Crippen molar-refractivity contribution >= 4 is 50.9 Å². The molecular formula is C22H34BFN11O11P2+. The quantitative estimate of drug-likeness (QED) is 0.0700. The Hall–Kier alpha value is -3.25. The standard InChI is InChI=1S/C22H29BFN10O11P2.H3N/c1-8-30-19-14(20(36)31-8)29-7-34(19)22-15-9(2-35)10(42-22)3-41-47(39,32-37)45-16-11(4-40-46(23,38)44-15)43-21(12(16)24)33-6-28-13-17(25)26-5-27-18(13)33;/h5-7,9-12,15-16,21-22,35,37H,2-4H2,1,23H3,(H,32,39)(H2,25,26,27)(H,30,31,36);1H3/q-1;/p+2/t9?,10-,11-,12+,15+,16?,21-,22-,46+,47?;/m1./s1. The van der Waals surface area contributed by atoms with Crippen molar-refractivity contribution < 1.29 is 51.4 Å². The third-order valence-corrected chi connectivity index (χ3v) is 9.88. The van der Waals surface area contributed by atoms with Gasteiger partial charge in [-0.05, 0) is 6.92 Å². The fourth-order valence-corrected chi connectivity index (χ4v) is 7.54. The number of aromatic nitrogens is 8. The normalized spacial score (nSPS) is 35.9. The Bertz CT molecular complexity index is 1980. The molecular weight excluding hydrogens is 686 g/mol. The number of anilines is 1. The Morgan fingerprint density at radius 1 is 1.06 bits per heavy atom. The number of nitrogens with one attached hydrogen (secondary N) is 2. The Balaban J connectivity index is 0.00000401. The summed E-state index contributed by atoms with van der Waals surface area (Å²) in [7, 11) is -9.72. The average Bonchev–Trinajstić information content (AvgIpc) is 3.79. The van der Waals surface area contributed by atoms with Crippen LogP contribution in [0.1, 0.15) is 18.3 Å². The van der Waals surface area contributed by atoms with Crippen LogP contribution < -0.4 is 22.7 Å². The number of aryl methyl sites for hydroxylation is 1. The molecule has 3 aliphatic rings. The number of fused-ring (bicyclic) bond motifs is 5. The zero-order chi connectivity index (χ0) is 33.2. The van der Waals surface area contributed by atoms with E-state index < -0.39 is 97.1 Å². The second-order valence-electron chi connectivity index (χ2n) is 10.5. The molecule has 11 N–H and O–H groups in total. The molecule has 3 unspecified atom stereocenters. The number of aliphatic hydroxyl groups is 1. The monoisotopic (exact) mass is 720 g/mol. The van der Waals surface area contributed by atoms with E-state index in [1.807, 2.05) is 0 Å². The fraction of sp³-hybridized carbons (Fsp3) is 0.545. The van der Waals surface area contributed by atoms with Gasteiger partial charge in [-0.1, -0.05) is 0 Å². The van der Waals surface area contributed by atoms with Crippen molar-refractivity contribution in [2.45, 2.75) is 50.0 Å². The van der Waals surface area contributed by atoms with Gasteiger partial charge in [0.05, 0.1) is 46.1 Å². The molecule has 48 heavy (non-hydrogen) atoms. The van der Waals surface area contributed by atoms with Crippen LogP contribution in [-0.2, 0) is 36.7 Å². The number of halogens is 1. The van der Waals surface area contributed by atoms with Gasteiger partial charge >= 0.3 is 7.75 Å². The Morgan fingerprint density at radius 3 is 2.48 bits per heavy atom. The van der Waals surface area contributed by atoms with Gasteiger partial charge in [0.25, 0.3) is 5.56 Å². The van der Waals surface area contributed by atoms with Crippen molar-refractivity contribution in [3.8, 4) is 0 Å². The van der Waals surface area contributed by atoms with Crippen LogP contribution in [0.5, 0.6) is 0 Å². The molecule has 7 heterocycles. The van der Waals surface area contributed by atoms with Crippen LogP contribution >= 0.6 is 15.2 Å². The number of nitrogens with zero attached hydrogens (tertiary/aromatic N) is 7. The van der Waals surface area contributed by atoms with Crippen molar-refractivity contribution in [2.24, 2.45) is 5.92 Å². The third-order valence-electron chi connectivity index (χ3n) is 7.82. The molecule has 2 bridgehead atoms. The highest BCUT2D eigenvalue weighted by Crippen LogP contribution is 2.54. The van der Waals surface area contributed by atoms with E-state index in [9.17, 15) is 19.0 Å². The molecule has 4 aromatic rings. The molecule has 10 atom stereocenters. The first-order chi connectivity index (χ1) is 22.4. The number of ether oxygens (including phenoxy) is 2. The van der Waals surface area contributed by atoms with Gasteiger partial charge in [-0.2, -0.15) is 0 Å². The number of rotatable bonds is 4. The molecule has 0 saturated carbocycles. The Labute approximate surface area is 269 Å². The highest BCUT2D eigenvalue weighted by Gasteiger charge is 2.54. The van der Waals surface area contributed by atoms with E-state index in [1.165, 1.54) is 28.1 Å². The first-order valence-corrected chi connectivity index (χ1v) is 16.3. The van der Waals surface area contributed by atoms with Crippen LogP contribution in [0.15, 0.2) is 23.8 Å². The zero-order valence-electron chi connectivity index (χ0n) is 24.6. The Kier molecular flexibility index (Phi) is 9.30. The number of imidazole rings is 2. The first-order valence-electron chi connectivity index (χ1n) is 13.7. The first kappa shape index (κ1) is 34.6. The van der Waals surface area contributed by atoms with Crippen molar-refractivity contribution in [3.05, 3.63) is 35.2 Å². The van der Waals surface area contributed by atoms with Gasteiger partial charge < -0.3 is 50.3 Å². The van der Waals surface area contributed by atoms with E-state index in [0.29, 0.717) is 0 Å². The molecule has 0 spiro atoms. The number of hydrogen-bond acceptors (Lipinski definition) is 16. The van der Waals surface area contributed by atoms with Gasteiger partial charge in [-0.25, -0.2) is 33.9 Å². The van der Waals surface area contributed by atoms with Crippen molar-refractivity contribution in [1.82, 2.24) is 50.4 Å². The van der Waals surface area contributed by atoms with Crippen molar-refractivity contribution in [3.63, 3.8) is 0 Å². The van der Waals surface area contributed by atoms with Crippen LogP contribution in [-0.4, -0.2) is 107 Å². The van der Waals surface area contributed by atoms with Crippen LogP contribution in [0.4, 0.5) is 10.2 Å². The molecule has 22 nitrogen and oxygen atoms in total. The van der Waals surface area contributed by atoms with E-state index in [-0.39, 0.29) is 40.1 Å². The predicted octanol–water partition coefficient (Wildman–Crippen LogP) is -1.40. The summed E-state index contributed by atoms with van der Waals surface area (Å²) in [6, 6.07) is 0. The lowest BCUT2D eigenvalue weighted by Crippen LogP contribution is -2.35. The summed E-state index contributed by atoms with van der Waals surface area (Å²) in [4.78, 5) is 35.7. The van der Waals surface area contributed by atoms with Gasteiger partial charge in [0.1, 0.15) is 43.5 Å². The number of alkyl halides is 1. The van der Waals surface area contributed by atoms with E-state index in [4.69, 9.17) is 38.5 Å². The molecule has 7 rings (SSSR count). The van der Waals surface area contributed by atoms with Crippen LogP contribution in [0.25, 0.3) is 22.3 Å². The maximum atomic E-state index is 16.2. The molecule has 0 aliphatic carbocycles. The van der Waals surface area contributed by atoms with Gasteiger partial charge in [-0.15, -0.1) is 0 Å². The predicted molar refractivity (Wildman–Crippen MR) is 165 cm³/mol. The summed E-state index contributed by atoms with van der Waals surface area (Å²) >= 11 is 0. The van der Waals surface area contributed by atoms with E-state index >= 15 is 4.39 Å². The van der Waals surface area contributed by atoms with E-state index in [1.54, 1.807) is 12.2 Å². The maximum absolute atomic E-state index is 16.2. The summed E-state index contributed by atoms with van der Waals surface area (Å²) in [5.41, 5.74) is 5.84.